The number of hydrogen-bond donors (Lipinski definition) is 1. The zero-order valence-electron chi connectivity index (χ0n) is 27.2. The number of ether oxygens (including phenoxy) is 1. The van der Waals surface area contributed by atoms with Crippen molar-refractivity contribution in [3.63, 3.8) is 0 Å². The third kappa shape index (κ3) is 5.68. The summed E-state index contributed by atoms with van der Waals surface area (Å²) >= 11 is 0.802. The molecule has 5 heterocycles. The molecule has 262 valence electrons. The van der Waals surface area contributed by atoms with Crippen LogP contribution in [0.3, 0.4) is 0 Å². The topological polar surface area (TPSA) is 92.2 Å². The van der Waals surface area contributed by atoms with E-state index < -0.39 is 29.3 Å². The fraction of sp³-hybridized carbons (Fsp3) is 0.429. The SMILES string of the molecule is [C-]#[N+]c1c(N)sc2c(F)ccc(-c3cc4nc(OC[C@@]56CCCN5C[C@H](F)C6)nc(N(CC)[C@@H]5CCN(C(=O)C=C)C5)c4cc3C(F)(F)F)c12. The number of likely N-dealkylation sites (N-methyl/N-ethyl adjacent to an activating group) is 1. The van der Waals surface area contributed by atoms with E-state index in [1.54, 1.807) is 4.90 Å². The van der Waals surface area contributed by atoms with Gasteiger partial charge in [-0.15, -0.1) is 11.3 Å². The predicted octanol–water partition coefficient (Wildman–Crippen LogP) is 7.37. The van der Waals surface area contributed by atoms with E-state index in [0.29, 0.717) is 39.0 Å². The van der Waals surface area contributed by atoms with Gasteiger partial charge in [-0.2, -0.15) is 23.1 Å². The van der Waals surface area contributed by atoms with Crippen molar-refractivity contribution in [1.82, 2.24) is 19.8 Å². The van der Waals surface area contributed by atoms with Gasteiger partial charge >= 0.3 is 12.2 Å². The minimum atomic E-state index is -4.87. The summed E-state index contributed by atoms with van der Waals surface area (Å²) in [5.41, 5.74) is 4.15. The molecule has 0 spiro atoms. The second kappa shape index (κ2) is 12.6. The molecule has 4 aromatic rings. The summed E-state index contributed by atoms with van der Waals surface area (Å²) < 4.78 is 80.8. The highest BCUT2D eigenvalue weighted by molar-refractivity contribution is 7.23. The van der Waals surface area contributed by atoms with E-state index in [1.807, 2.05) is 11.8 Å². The van der Waals surface area contributed by atoms with Crippen LogP contribution in [-0.2, 0) is 11.0 Å². The van der Waals surface area contributed by atoms with Crippen LogP contribution in [0, 0.1) is 12.4 Å². The molecule has 3 aliphatic rings. The first-order valence-electron chi connectivity index (χ1n) is 16.4. The minimum Gasteiger partial charge on any atom is -0.461 e. The summed E-state index contributed by atoms with van der Waals surface area (Å²) in [5.74, 6) is -0.749. The van der Waals surface area contributed by atoms with Crippen LogP contribution in [0.25, 0.3) is 37.0 Å². The molecule has 0 aliphatic carbocycles. The van der Waals surface area contributed by atoms with Gasteiger partial charge in [0.05, 0.1) is 32.9 Å². The number of halogens is 5. The molecule has 3 atom stereocenters. The molecule has 1 amide bonds. The van der Waals surface area contributed by atoms with Crippen LogP contribution in [0.5, 0.6) is 6.01 Å². The van der Waals surface area contributed by atoms with Gasteiger partial charge in [0, 0.05) is 49.4 Å². The molecule has 2 aromatic heterocycles. The number of nitrogens with zero attached hydrogens (tertiary/aromatic N) is 6. The summed E-state index contributed by atoms with van der Waals surface area (Å²) in [5, 5.41) is 0.0919. The molecule has 0 saturated carbocycles. The lowest BCUT2D eigenvalue weighted by atomic mass is 9.94. The molecule has 0 radical (unpaired) electrons. The first-order valence-corrected chi connectivity index (χ1v) is 17.2. The lowest BCUT2D eigenvalue weighted by Crippen LogP contribution is -2.43. The maximum atomic E-state index is 15.0. The number of carbonyl (C=O) groups excluding carboxylic acids is 1. The largest absolute Gasteiger partial charge is 0.461 e. The Bertz CT molecular complexity index is 2060. The number of thiophene rings is 1. The number of nitrogen functional groups attached to an aromatic ring is 1. The Morgan fingerprint density at radius 2 is 2.06 bits per heavy atom. The number of fused-ring (bicyclic) bond motifs is 3. The highest BCUT2D eigenvalue weighted by Crippen LogP contribution is 2.50. The van der Waals surface area contributed by atoms with Crippen LogP contribution in [0.4, 0.5) is 38.5 Å². The summed E-state index contributed by atoms with van der Waals surface area (Å²) in [4.78, 5) is 30.7. The number of amides is 1. The molecule has 0 bridgehead atoms. The molecular formula is C35H34F5N7O2S. The van der Waals surface area contributed by atoms with Crippen molar-refractivity contribution >= 4 is 54.7 Å². The van der Waals surface area contributed by atoms with Crippen molar-refractivity contribution in [3.8, 4) is 17.1 Å². The molecule has 0 unspecified atom stereocenters. The quantitative estimate of drug-likeness (QED) is 0.116. The van der Waals surface area contributed by atoms with Gasteiger partial charge in [-0.05, 0) is 68.1 Å². The zero-order valence-corrected chi connectivity index (χ0v) is 28.0. The summed E-state index contributed by atoms with van der Waals surface area (Å²) in [7, 11) is 0. The van der Waals surface area contributed by atoms with Gasteiger partial charge in [-0.1, -0.05) is 12.6 Å². The zero-order chi connectivity index (χ0) is 35.5. The van der Waals surface area contributed by atoms with Gasteiger partial charge in [0.1, 0.15) is 24.4 Å². The van der Waals surface area contributed by atoms with E-state index >= 15 is 13.2 Å². The molecule has 50 heavy (non-hydrogen) atoms. The van der Waals surface area contributed by atoms with Crippen LogP contribution in [0.15, 0.2) is 36.9 Å². The fourth-order valence-electron chi connectivity index (χ4n) is 7.94. The smallest absolute Gasteiger partial charge is 0.417 e. The van der Waals surface area contributed by atoms with Crippen LogP contribution in [0.2, 0.25) is 0 Å². The molecular weight excluding hydrogens is 677 g/mol. The number of likely N-dealkylation sites (tertiary alicyclic amines) is 1. The van der Waals surface area contributed by atoms with E-state index in [0.717, 1.165) is 42.9 Å². The molecule has 3 fully saturated rings. The predicted molar refractivity (Wildman–Crippen MR) is 183 cm³/mol. The van der Waals surface area contributed by atoms with Crippen molar-refractivity contribution < 1.29 is 31.5 Å². The lowest BCUT2D eigenvalue weighted by Gasteiger charge is -2.32. The Labute approximate surface area is 288 Å². The van der Waals surface area contributed by atoms with Gasteiger partial charge in [0.15, 0.2) is 0 Å². The van der Waals surface area contributed by atoms with Crippen molar-refractivity contribution in [2.24, 2.45) is 0 Å². The van der Waals surface area contributed by atoms with Crippen LogP contribution < -0.4 is 15.4 Å². The third-order valence-electron chi connectivity index (χ3n) is 10.2. The average Bonchev–Trinajstić information content (AvgIpc) is 3.85. The number of aromatic nitrogens is 2. The number of rotatable bonds is 8. The van der Waals surface area contributed by atoms with Crippen molar-refractivity contribution in [2.45, 2.75) is 56.5 Å². The number of nitrogens with two attached hydrogens (primary N) is 1. The normalized spacial score (nSPS) is 22.3. The lowest BCUT2D eigenvalue weighted by molar-refractivity contribution is -0.137. The summed E-state index contributed by atoms with van der Waals surface area (Å²) in [6, 6.07) is 4.18. The summed E-state index contributed by atoms with van der Waals surface area (Å²) in [6.07, 6.45) is -2.17. The number of benzene rings is 2. The highest BCUT2D eigenvalue weighted by atomic mass is 32.1. The van der Waals surface area contributed by atoms with E-state index in [4.69, 9.17) is 22.0 Å². The van der Waals surface area contributed by atoms with Gasteiger partial charge in [-0.3, -0.25) is 9.69 Å². The number of anilines is 2. The number of hydrogen-bond acceptors (Lipinski definition) is 8. The second-order valence-electron chi connectivity index (χ2n) is 13.0. The average molecular weight is 712 g/mol. The van der Waals surface area contributed by atoms with Crippen molar-refractivity contribution in [3.05, 3.63) is 59.7 Å². The first-order chi connectivity index (χ1) is 23.9. The second-order valence-corrected chi connectivity index (χ2v) is 14.1. The van der Waals surface area contributed by atoms with E-state index in [2.05, 4.69) is 21.3 Å². The monoisotopic (exact) mass is 711 g/mol. The third-order valence-corrected chi connectivity index (χ3v) is 11.2. The van der Waals surface area contributed by atoms with Crippen LogP contribution >= 0.6 is 11.3 Å². The Kier molecular flexibility index (Phi) is 8.58. The number of alkyl halides is 4. The maximum Gasteiger partial charge on any atom is 0.417 e. The Balaban J connectivity index is 1.42. The van der Waals surface area contributed by atoms with Crippen LogP contribution in [0.1, 0.15) is 38.2 Å². The van der Waals surface area contributed by atoms with E-state index in [9.17, 15) is 13.6 Å². The number of carbonyl (C=O) groups is 1. The van der Waals surface area contributed by atoms with Crippen LogP contribution in [-0.4, -0.2) is 82.8 Å². The highest BCUT2D eigenvalue weighted by Gasteiger charge is 2.49. The van der Waals surface area contributed by atoms with Crippen molar-refractivity contribution in [1.29, 1.82) is 0 Å². The Morgan fingerprint density at radius 1 is 1.26 bits per heavy atom. The fourth-order valence-corrected chi connectivity index (χ4v) is 8.88. The van der Waals surface area contributed by atoms with Gasteiger partial charge in [0.2, 0.25) is 11.6 Å². The molecule has 7 rings (SSSR count). The molecule has 15 heteroatoms. The standard InChI is InChI=1S/C35H34F5N7O2S/c1-4-27(48)45-12-9-20(17-45)47(5-2)32-23-13-24(35(38,39)40)22(21-7-8-25(37)30-28(21)29(42-3)31(41)50-30)14-26(23)43-33(44-32)49-18-34-10-6-11-46(34)16-19(36)15-34/h4,7-8,13-14,19-20H,1,5-6,9-12,15-18,41H2,2H3/t19-,20-,34+/m1/s1. The Morgan fingerprint density at radius 3 is 2.78 bits per heavy atom. The summed E-state index contributed by atoms with van der Waals surface area (Å²) in [6.45, 7) is 15.3. The Hall–Kier alpha value is -4.55. The molecule has 9 nitrogen and oxygen atoms in total. The van der Waals surface area contributed by atoms with Gasteiger partial charge in [-0.25, -0.2) is 13.6 Å². The molecule has 3 saturated heterocycles. The molecule has 2 aromatic carbocycles. The maximum absolute atomic E-state index is 15.0. The van der Waals surface area contributed by atoms with Gasteiger partial charge < -0.3 is 20.3 Å². The minimum absolute atomic E-state index is 0.00195. The van der Waals surface area contributed by atoms with Crippen molar-refractivity contribution in [2.75, 3.05) is 50.0 Å². The molecule has 2 N–H and O–H groups in total. The van der Waals surface area contributed by atoms with E-state index in [1.165, 1.54) is 18.2 Å². The first kappa shape index (κ1) is 33.9. The van der Waals surface area contributed by atoms with Gasteiger partial charge in [0.25, 0.3) is 0 Å². The van der Waals surface area contributed by atoms with E-state index in [-0.39, 0.29) is 73.2 Å². The molecule has 3 aliphatic heterocycles.